The summed E-state index contributed by atoms with van der Waals surface area (Å²) < 4.78 is 26.9. The van der Waals surface area contributed by atoms with Gasteiger partial charge in [-0.15, -0.1) is 0 Å². The first kappa shape index (κ1) is 10.2. The molecule has 1 saturated heterocycles. The molecule has 0 aliphatic carbocycles. The Morgan fingerprint density at radius 1 is 1.42 bits per heavy atom. The molecule has 1 aliphatic rings. The molecule has 12 heavy (non-hydrogen) atoms. The molecule has 0 N–H and O–H groups in total. The van der Waals surface area contributed by atoms with Crippen molar-refractivity contribution >= 4 is 38.8 Å². The van der Waals surface area contributed by atoms with Crippen LogP contribution in [0.3, 0.4) is 0 Å². The SMILES string of the molecule is O=C(OI)C1CCCCS1(=O)=O. The third-order valence-electron chi connectivity index (χ3n) is 1.92. The van der Waals surface area contributed by atoms with Crippen molar-refractivity contribution in [3.63, 3.8) is 0 Å². The van der Waals surface area contributed by atoms with Gasteiger partial charge in [0, 0.05) is 0 Å². The maximum absolute atomic E-state index is 11.3. The summed E-state index contributed by atoms with van der Waals surface area (Å²) in [7, 11) is -3.21. The van der Waals surface area contributed by atoms with Crippen molar-refractivity contribution in [2.45, 2.75) is 24.5 Å². The quantitative estimate of drug-likeness (QED) is 0.674. The fraction of sp³-hybridized carbons (Fsp3) is 0.833. The Labute approximate surface area is 85.3 Å². The molecule has 4 nitrogen and oxygen atoms in total. The van der Waals surface area contributed by atoms with E-state index in [4.69, 9.17) is 0 Å². The van der Waals surface area contributed by atoms with Crippen molar-refractivity contribution in [1.29, 1.82) is 0 Å². The Hall–Kier alpha value is 0.150. The third-order valence-corrected chi connectivity index (χ3v) is 4.50. The molecular weight excluding hydrogens is 295 g/mol. The Bertz CT molecular complexity index is 271. The van der Waals surface area contributed by atoms with Crippen LogP contribution in [0.2, 0.25) is 0 Å². The highest BCUT2D eigenvalue weighted by Gasteiger charge is 2.35. The lowest BCUT2D eigenvalue weighted by Gasteiger charge is -2.18. The number of sulfone groups is 1. The highest BCUT2D eigenvalue weighted by Crippen LogP contribution is 2.21. The molecular formula is C6H9IO4S. The fourth-order valence-electron chi connectivity index (χ4n) is 1.27. The molecule has 0 aromatic carbocycles. The van der Waals surface area contributed by atoms with Crippen LogP contribution in [-0.4, -0.2) is 25.4 Å². The van der Waals surface area contributed by atoms with Crippen LogP contribution in [0.5, 0.6) is 0 Å². The van der Waals surface area contributed by atoms with Gasteiger partial charge in [0.15, 0.2) is 38.1 Å². The van der Waals surface area contributed by atoms with Gasteiger partial charge in [-0.25, -0.2) is 13.2 Å². The first-order valence-corrected chi connectivity index (χ1v) is 6.21. The van der Waals surface area contributed by atoms with Crippen LogP contribution in [0.1, 0.15) is 19.3 Å². The summed E-state index contributed by atoms with van der Waals surface area (Å²) in [6.07, 6.45) is 1.85. The van der Waals surface area contributed by atoms with E-state index >= 15 is 0 Å². The highest BCUT2D eigenvalue weighted by atomic mass is 127. The normalized spacial score (nSPS) is 27.9. The van der Waals surface area contributed by atoms with Crippen LogP contribution < -0.4 is 0 Å². The molecule has 0 saturated carbocycles. The second kappa shape index (κ2) is 3.91. The average molecular weight is 304 g/mol. The Morgan fingerprint density at radius 3 is 2.58 bits per heavy atom. The molecule has 1 fully saturated rings. The topological polar surface area (TPSA) is 60.4 Å². The first-order valence-electron chi connectivity index (χ1n) is 3.62. The van der Waals surface area contributed by atoms with Crippen molar-refractivity contribution in [1.82, 2.24) is 0 Å². The predicted octanol–water partition coefficient (Wildman–Crippen LogP) is 0.847. The smallest absolute Gasteiger partial charge is 0.333 e. The van der Waals surface area contributed by atoms with E-state index in [9.17, 15) is 13.2 Å². The summed E-state index contributed by atoms with van der Waals surface area (Å²) in [4.78, 5) is 11.0. The standard InChI is InChI=1S/C6H9IO4S/c7-11-6(8)5-3-1-2-4-12(5,9)10/h5H,1-4H2. The molecule has 0 amide bonds. The minimum absolute atomic E-state index is 0.114. The van der Waals surface area contributed by atoms with Gasteiger partial charge in [-0.05, 0) is 12.8 Å². The van der Waals surface area contributed by atoms with Gasteiger partial charge in [-0.3, -0.25) is 0 Å². The van der Waals surface area contributed by atoms with E-state index in [-0.39, 0.29) is 5.75 Å². The summed E-state index contributed by atoms with van der Waals surface area (Å²) in [6.45, 7) is 0. The second-order valence-corrected chi connectivity index (χ2v) is 5.49. The summed E-state index contributed by atoms with van der Waals surface area (Å²) >= 11 is 1.42. The Kier molecular flexibility index (Phi) is 3.33. The molecule has 0 spiro atoms. The third kappa shape index (κ3) is 2.09. The Balaban J connectivity index is 2.80. The predicted molar refractivity (Wildman–Crippen MR) is 51.5 cm³/mol. The number of carbonyl (C=O) groups excluding carboxylic acids is 1. The van der Waals surface area contributed by atoms with Crippen molar-refractivity contribution in [3.8, 4) is 0 Å². The molecule has 1 rings (SSSR count). The van der Waals surface area contributed by atoms with Crippen molar-refractivity contribution in [3.05, 3.63) is 0 Å². The van der Waals surface area contributed by atoms with E-state index in [2.05, 4.69) is 3.07 Å². The first-order chi connectivity index (χ1) is 5.58. The van der Waals surface area contributed by atoms with Gasteiger partial charge in [0.2, 0.25) is 0 Å². The van der Waals surface area contributed by atoms with Crippen molar-refractivity contribution in [2.24, 2.45) is 0 Å². The summed E-state index contributed by atoms with van der Waals surface area (Å²) in [5.74, 6) is -0.515. The van der Waals surface area contributed by atoms with Gasteiger partial charge in [-0.1, -0.05) is 6.42 Å². The molecule has 1 aliphatic heterocycles. The molecule has 1 unspecified atom stereocenters. The molecule has 1 atom stereocenters. The molecule has 0 bridgehead atoms. The van der Waals surface area contributed by atoms with E-state index in [1.54, 1.807) is 0 Å². The maximum atomic E-state index is 11.3. The summed E-state index contributed by atoms with van der Waals surface area (Å²) in [5, 5.41) is -0.914. The Morgan fingerprint density at radius 2 is 2.08 bits per heavy atom. The molecule has 1 heterocycles. The highest BCUT2D eigenvalue weighted by molar-refractivity contribution is 14.1. The van der Waals surface area contributed by atoms with Crippen LogP contribution in [0.4, 0.5) is 0 Å². The number of hydrogen-bond donors (Lipinski definition) is 0. The van der Waals surface area contributed by atoms with Gasteiger partial charge in [0.05, 0.1) is 5.75 Å². The van der Waals surface area contributed by atoms with Crippen LogP contribution >= 0.6 is 23.0 Å². The minimum Gasteiger partial charge on any atom is -0.394 e. The minimum atomic E-state index is -3.21. The molecule has 6 heteroatoms. The van der Waals surface area contributed by atoms with E-state index < -0.39 is 21.1 Å². The van der Waals surface area contributed by atoms with Gasteiger partial charge in [-0.2, -0.15) is 0 Å². The molecule has 70 valence electrons. The lowest BCUT2D eigenvalue weighted by atomic mass is 10.2. The van der Waals surface area contributed by atoms with Gasteiger partial charge >= 0.3 is 5.97 Å². The van der Waals surface area contributed by atoms with Crippen LogP contribution in [0.25, 0.3) is 0 Å². The molecule has 0 aromatic heterocycles. The van der Waals surface area contributed by atoms with Gasteiger partial charge < -0.3 is 3.07 Å². The maximum Gasteiger partial charge on any atom is 0.333 e. The zero-order chi connectivity index (χ0) is 9.19. The van der Waals surface area contributed by atoms with Crippen molar-refractivity contribution < 1.29 is 16.3 Å². The van der Waals surface area contributed by atoms with E-state index in [1.807, 2.05) is 0 Å². The lowest BCUT2D eigenvalue weighted by molar-refractivity contribution is -0.131. The van der Waals surface area contributed by atoms with Gasteiger partial charge in [0.1, 0.15) is 0 Å². The zero-order valence-electron chi connectivity index (χ0n) is 6.32. The molecule has 0 radical (unpaired) electrons. The largest absolute Gasteiger partial charge is 0.394 e. The van der Waals surface area contributed by atoms with E-state index in [0.717, 1.165) is 6.42 Å². The number of halogens is 1. The van der Waals surface area contributed by atoms with Crippen LogP contribution in [-0.2, 0) is 17.7 Å². The van der Waals surface area contributed by atoms with E-state index in [0.29, 0.717) is 12.8 Å². The fourth-order valence-corrected chi connectivity index (χ4v) is 3.51. The number of carbonyl (C=O) groups is 1. The monoisotopic (exact) mass is 304 g/mol. The number of hydrogen-bond acceptors (Lipinski definition) is 4. The van der Waals surface area contributed by atoms with Crippen LogP contribution in [0.15, 0.2) is 0 Å². The lowest BCUT2D eigenvalue weighted by Crippen LogP contribution is -2.35. The molecule has 0 aromatic rings. The van der Waals surface area contributed by atoms with Gasteiger partial charge in [0.25, 0.3) is 0 Å². The van der Waals surface area contributed by atoms with E-state index in [1.165, 1.54) is 23.0 Å². The average Bonchev–Trinajstić information content (AvgIpc) is 2.02. The zero-order valence-corrected chi connectivity index (χ0v) is 9.30. The number of rotatable bonds is 1. The van der Waals surface area contributed by atoms with Crippen molar-refractivity contribution in [2.75, 3.05) is 5.75 Å². The summed E-state index contributed by atoms with van der Waals surface area (Å²) in [5.41, 5.74) is 0. The second-order valence-electron chi connectivity index (χ2n) is 2.75. The van der Waals surface area contributed by atoms with Crippen LogP contribution in [0, 0.1) is 0 Å². The summed E-state index contributed by atoms with van der Waals surface area (Å²) in [6, 6.07) is 0.